The summed E-state index contributed by atoms with van der Waals surface area (Å²) in [5.41, 5.74) is 1.08. The van der Waals surface area contributed by atoms with Crippen LogP contribution in [-0.4, -0.2) is 46.4 Å². The van der Waals surface area contributed by atoms with E-state index in [1.54, 1.807) is 11.0 Å². The van der Waals surface area contributed by atoms with Gasteiger partial charge in [-0.1, -0.05) is 29.5 Å². The third-order valence-corrected chi connectivity index (χ3v) is 6.12. The van der Waals surface area contributed by atoms with Crippen LogP contribution in [0.25, 0.3) is 0 Å². The van der Waals surface area contributed by atoms with Gasteiger partial charge in [-0.25, -0.2) is 9.78 Å². The zero-order valence-electron chi connectivity index (χ0n) is 18.4. The molecule has 1 aliphatic rings. The Morgan fingerprint density at radius 2 is 1.87 bits per heavy atom. The van der Waals surface area contributed by atoms with E-state index in [0.717, 1.165) is 24.8 Å². The maximum Gasteiger partial charge on any atom is 0.410 e. The second-order valence-electron chi connectivity index (χ2n) is 8.81. The predicted molar refractivity (Wildman–Crippen MR) is 121 cm³/mol. The molecule has 1 N–H and O–H groups in total. The molecule has 7 nitrogen and oxygen atoms in total. The van der Waals surface area contributed by atoms with Gasteiger partial charge in [-0.2, -0.15) is 0 Å². The minimum atomic E-state index is -0.497. The molecule has 1 aliphatic heterocycles. The van der Waals surface area contributed by atoms with Gasteiger partial charge >= 0.3 is 6.09 Å². The lowest BCUT2D eigenvalue weighted by Gasteiger charge is -2.33. The number of benzene rings is 1. The minimum Gasteiger partial charge on any atom is -0.444 e. The summed E-state index contributed by atoms with van der Waals surface area (Å²) >= 11 is 1.17. The van der Waals surface area contributed by atoms with Gasteiger partial charge in [-0.05, 0) is 57.6 Å². The van der Waals surface area contributed by atoms with Gasteiger partial charge in [0.15, 0.2) is 10.9 Å². The molecule has 2 amide bonds. The van der Waals surface area contributed by atoms with E-state index in [9.17, 15) is 14.4 Å². The number of piperidine rings is 1. The second kappa shape index (κ2) is 9.60. The maximum absolute atomic E-state index is 12.8. The Morgan fingerprint density at radius 3 is 2.48 bits per heavy atom. The Morgan fingerprint density at radius 1 is 1.19 bits per heavy atom. The van der Waals surface area contributed by atoms with E-state index in [4.69, 9.17) is 4.74 Å². The second-order valence-corrected chi connectivity index (χ2v) is 9.84. The van der Waals surface area contributed by atoms with Crippen LogP contribution >= 0.6 is 11.3 Å². The molecule has 0 aliphatic carbocycles. The quantitative estimate of drug-likeness (QED) is 0.672. The van der Waals surface area contributed by atoms with E-state index in [-0.39, 0.29) is 17.8 Å². The Bertz CT molecular complexity index is 956. The van der Waals surface area contributed by atoms with E-state index in [1.807, 2.05) is 39.0 Å². The predicted octanol–water partition coefficient (Wildman–Crippen LogP) is 4.79. The monoisotopic (exact) mass is 443 g/mol. The molecule has 31 heavy (non-hydrogen) atoms. The van der Waals surface area contributed by atoms with Crippen molar-refractivity contribution in [2.75, 3.05) is 18.4 Å². The lowest BCUT2D eigenvalue weighted by Crippen LogP contribution is -2.42. The van der Waals surface area contributed by atoms with Gasteiger partial charge in [0.1, 0.15) is 5.60 Å². The van der Waals surface area contributed by atoms with Gasteiger partial charge in [-0.3, -0.25) is 14.9 Å². The maximum atomic E-state index is 12.8. The van der Waals surface area contributed by atoms with Crippen LogP contribution in [-0.2, 0) is 11.2 Å². The molecule has 1 aromatic carbocycles. The first kappa shape index (κ1) is 22.9. The Balaban J connectivity index is 1.60. The van der Waals surface area contributed by atoms with E-state index in [0.29, 0.717) is 34.6 Å². The van der Waals surface area contributed by atoms with Crippen LogP contribution in [0.1, 0.15) is 66.1 Å². The molecule has 3 rings (SSSR count). The number of nitrogens with one attached hydrogen (secondary N) is 1. The van der Waals surface area contributed by atoms with Crippen LogP contribution in [0.4, 0.5) is 9.93 Å². The highest BCUT2D eigenvalue weighted by Crippen LogP contribution is 2.26. The van der Waals surface area contributed by atoms with E-state index in [2.05, 4.69) is 10.3 Å². The fourth-order valence-electron chi connectivity index (χ4n) is 3.54. The number of ether oxygens (including phenoxy) is 1. The highest BCUT2D eigenvalue weighted by Gasteiger charge is 2.27. The van der Waals surface area contributed by atoms with Crippen LogP contribution in [0.2, 0.25) is 0 Å². The number of Topliss-reactive ketones (excluding diaryl/α,β-unsaturated/α-hetero) is 1. The van der Waals surface area contributed by atoms with Crippen LogP contribution in [0.5, 0.6) is 0 Å². The summed E-state index contributed by atoms with van der Waals surface area (Å²) in [6.07, 6.45) is 3.71. The summed E-state index contributed by atoms with van der Waals surface area (Å²) in [7, 11) is 0. The average molecular weight is 444 g/mol. The summed E-state index contributed by atoms with van der Waals surface area (Å²) in [5.74, 6) is 0.0826. The van der Waals surface area contributed by atoms with Crippen LogP contribution in [0.3, 0.4) is 0 Å². The number of carbonyl (C=O) groups is 3. The first-order valence-corrected chi connectivity index (χ1v) is 11.3. The Labute approximate surface area is 186 Å². The van der Waals surface area contributed by atoms with Gasteiger partial charge in [0.05, 0.1) is 11.1 Å². The number of thiazole rings is 1. The highest BCUT2D eigenvalue weighted by molar-refractivity contribution is 7.17. The summed E-state index contributed by atoms with van der Waals surface area (Å²) < 4.78 is 5.46. The van der Waals surface area contributed by atoms with Crippen molar-refractivity contribution in [2.24, 2.45) is 5.92 Å². The van der Waals surface area contributed by atoms with Gasteiger partial charge in [0.2, 0.25) is 0 Å². The molecule has 2 aromatic rings. The van der Waals surface area contributed by atoms with Crippen molar-refractivity contribution in [3.8, 4) is 0 Å². The van der Waals surface area contributed by atoms with Crippen molar-refractivity contribution in [3.63, 3.8) is 0 Å². The Kier molecular flexibility index (Phi) is 7.10. The molecule has 1 fully saturated rings. The molecular formula is C23H29N3O4S. The number of aromatic nitrogens is 1. The third kappa shape index (κ3) is 6.37. The van der Waals surface area contributed by atoms with Crippen molar-refractivity contribution < 1.29 is 19.1 Å². The molecule has 0 saturated carbocycles. The van der Waals surface area contributed by atoms with Crippen molar-refractivity contribution in [2.45, 2.75) is 52.6 Å². The summed E-state index contributed by atoms with van der Waals surface area (Å²) in [6.45, 7) is 8.38. The molecular weight excluding hydrogens is 414 g/mol. The summed E-state index contributed by atoms with van der Waals surface area (Å²) in [4.78, 5) is 42.9. The lowest BCUT2D eigenvalue weighted by atomic mass is 9.88. The standard InChI is InChI=1S/C23H29N3O4S/c1-15(27)19-14-24-21(31-19)25-20(28)18-8-6-5-7-17(18)13-16-9-11-26(12-10-16)22(29)30-23(2,3)4/h5-8,14,16H,9-13H2,1-4H3,(H,24,25,28). The number of nitrogens with zero attached hydrogens (tertiary/aromatic N) is 2. The number of carbonyl (C=O) groups excluding carboxylic acids is 3. The largest absolute Gasteiger partial charge is 0.444 e. The van der Waals surface area contributed by atoms with E-state index >= 15 is 0 Å². The molecule has 0 bridgehead atoms. The Hall–Kier alpha value is -2.74. The normalized spacial score (nSPS) is 14.9. The molecule has 0 unspecified atom stereocenters. The highest BCUT2D eigenvalue weighted by atomic mass is 32.1. The first-order valence-electron chi connectivity index (χ1n) is 10.5. The summed E-state index contributed by atoms with van der Waals surface area (Å²) in [5, 5.41) is 3.21. The summed E-state index contributed by atoms with van der Waals surface area (Å²) in [6, 6.07) is 7.55. The zero-order chi connectivity index (χ0) is 22.6. The van der Waals surface area contributed by atoms with Crippen molar-refractivity contribution in [1.29, 1.82) is 0 Å². The molecule has 0 radical (unpaired) electrons. The smallest absolute Gasteiger partial charge is 0.410 e. The van der Waals surface area contributed by atoms with E-state index in [1.165, 1.54) is 24.5 Å². The van der Waals surface area contributed by atoms with Gasteiger partial charge in [0.25, 0.3) is 5.91 Å². The van der Waals surface area contributed by atoms with Gasteiger partial charge < -0.3 is 9.64 Å². The molecule has 8 heteroatoms. The number of ketones is 1. The van der Waals surface area contributed by atoms with Crippen molar-refractivity contribution in [3.05, 3.63) is 46.5 Å². The minimum absolute atomic E-state index is 0.0730. The SMILES string of the molecule is CC(=O)c1cnc(NC(=O)c2ccccc2CC2CCN(C(=O)OC(C)(C)C)CC2)s1. The molecule has 166 valence electrons. The zero-order valence-corrected chi connectivity index (χ0v) is 19.3. The number of hydrogen-bond donors (Lipinski definition) is 1. The molecule has 1 saturated heterocycles. The number of likely N-dealkylation sites (tertiary alicyclic amines) is 1. The van der Waals surface area contributed by atoms with Crippen LogP contribution in [0, 0.1) is 5.92 Å². The number of rotatable bonds is 5. The van der Waals surface area contributed by atoms with E-state index < -0.39 is 5.60 Å². The van der Waals surface area contributed by atoms with Gasteiger partial charge in [0, 0.05) is 25.6 Å². The van der Waals surface area contributed by atoms with Crippen molar-refractivity contribution >= 4 is 34.3 Å². The topological polar surface area (TPSA) is 88.6 Å². The third-order valence-electron chi connectivity index (χ3n) is 5.11. The van der Waals surface area contributed by atoms with Gasteiger partial charge in [-0.15, -0.1) is 0 Å². The van der Waals surface area contributed by atoms with Crippen LogP contribution in [0.15, 0.2) is 30.5 Å². The fraction of sp³-hybridized carbons (Fsp3) is 0.478. The van der Waals surface area contributed by atoms with Crippen molar-refractivity contribution in [1.82, 2.24) is 9.88 Å². The number of hydrogen-bond acceptors (Lipinski definition) is 6. The molecule has 0 atom stereocenters. The number of anilines is 1. The molecule has 0 spiro atoms. The molecule has 2 heterocycles. The molecule has 1 aromatic heterocycles. The lowest BCUT2D eigenvalue weighted by molar-refractivity contribution is 0.0184. The first-order chi connectivity index (χ1) is 14.6. The average Bonchev–Trinajstić information content (AvgIpc) is 3.16. The fourth-order valence-corrected chi connectivity index (χ4v) is 4.24. The number of amides is 2. The van der Waals surface area contributed by atoms with Crippen LogP contribution < -0.4 is 5.32 Å².